The van der Waals surface area contributed by atoms with E-state index in [-0.39, 0.29) is 45.6 Å². The van der Waals surface area contributed by atoms with E-state index in [4.69, 9.17) is 4.84 Å². The van der Waals surface area contributed by atoms with Gasteiger partial charge in [-0.05, 0) is 123 Å². The quantitative estimate of drug-likeness (QED) is 0.284. The summed E-state index contributed by atoms with van der Waals surface area (Å²) < 4.78 is 0. The van der Waals surface area contributed by atoms with Crippen LogP contribution in [0.5, 0.6) is 0 Å². The molecule has 0 bridgehead atoms. The number of hydrogen-bond donors (Lipinski definition) is 3. The van der Waals surface area contributed by atoms with Crippen LogP contribution in [0.4, 0.5) is 0 Å². The lowest BCUT2D eigenvalue weighted by Crippen LogP contribution is -2.70. The van der Waals surface area contributed by atoms with Crippen LogP contribution < -0.4 is 5.48 Å². The Labute approximate surface area is 225 Å². The molecule has 0 radical (unpaired) electrons. The second kappa shape index (κ2) is 8.80. The first-order chi connectivity index (χ1) is 17.2. The second-order valence-corrected chi connectivity index (χ2v) is 15.2. The number of rotatable bonds is 5. The van der Waals surface area contributed by atoms with E-state index < -0.39 is 11.4 Å². The Balaban J connectivity index is 1.61. The van der Waals surface area contributed by atoms with Gasteiger partial charge in [0.15, 0.2) is 0 Å². The van der Waals surface area contributed by atoms with Crippen LogP contribution in [0.3, 0.4) is 0 Å². The minimum atomic E-state index is -0.801. The van der Waals surface area contributed by atoms with Gasteiger partial charge in [-0.2, -0.15) is 5.48 Å². The first-order valence-electron chi connectivity index (χ1n) is 15.2. The largest absolute Gasteiger partial charge is 0.481 e. The predicted octanol–water partition coefficient (Wildman–Crippen LogP) is 6.61. The Kier molecular flexibility index (Phi) is 6.57. The van der Waals surface area contributed by atoms with Crippen LogP contribution in [-0.2, 0) is 9.63 Å². The maximum absolute atomic E-state index is 13.2. The van der Waals surface area contributed by atoms with Crippen LogP contribution >= 0.6 is 0 Å². The third-order valence-electron chi connectivity index (χ3n) is 13.9. The SMILES string of the molecule is C=C(C)[C@@H]1CC[C@]2(C(=O)O)C(NOCC)C[C@]3(C)[C@H](CC[C@@H]4[C@@]5(C)CC[C@H](O)C(C)(C)[C@@H]5CC[C@]43C)[C@@H]12. The van der Waals surface area contributed by atoms with Gasteiger partial charge in [0.2, 0.25) is 0 Å². The molecule has 5 aliphatic rings. The van der Waals surface area contributed by atoms with Gasteiger partial charge in [0.25, 0.3) is 0 Å². The summed E-state index contributed by atoms with van der Waals surface area (Å²) in [5.74, 6) is 1.18. The van der Waals surface area contributed by atoms with Gasteiger partial charge in [-0.1, -0.05) is 46.8 Å². The Morgan fingerprint density at radius 1 is 0.973 bits per heavy atom. The molecule has 0 saturated heterocycles. The maximum Gasteiger partial charge on any atom is 0.311 e. The van der Waals surface area contributed by atoms with Gasteiger partial charge in [-0.25, -0.2) is 0 Å². The number of carboxylic acid groups (broad SMARTS) is 1. The van der Waals surface area contributed by atoms with Gasteiger partial charge in [0, 0.05) is 6.04 Å². The van der Waals surface area contributed by atoms with E-state index in [1.165, 1.54) is 6.42 Å². The van der Waals surface area contributed by atoms with E-state index in [1.807, 2.05) is 6.92 Å². The van der Waals surface area contributed by atoms with Crippen molar-refractivity contribution in [2.45, 2.75) is 118 Å². The molecule has 5 nitrogen and oxygen atoms in total. The molecule has 0 aromatic heterocycles. The van der Waals surface area contributed by atoms with Crippen molar-refractivity contribution >= 4 is 5.97 Å². The third kappa shape index (κ3) is 3.41. The summed E-state index contributed by atoms with van der Waals surface area (Å²) in [6.45, 7) is 21.2. The molecule has 0 aromatic rings. The summed E-state index contributed by atoms with van der Waals surface area (Å²) in [5, 5.41) is 21.9. The normalized spacial score (nSPS) is 52.4. The number of allylic oxidation sites excluding steroid dienone is 1. The molecule has 37 heavy (non-hydrogen) atoms. The van der Waals surface area contributed by atoms with E-state index in [2.05, 4.69) is 53.6 Å². The highest BCUT2D eigenvalue weighted by Crippen LogP contribution is 2.77. The number of aliphatic hydroxyl groups is 1. The van der Waals surface area contributed by atoms with Crippen LogP contribution in [0.2, 0.25) is 0 Å². The van der Waals surface area contributed by atoms with Crippen LogP contribution in [0.25, 0.3) is 0 Å². The zero-order chi connectivity index (χ0) is 27.2. The lowest BCUT2D eigenvalue weighted by atomic mass is 9.32. The molecule has 0 aliphatic heterocycles. The highest BCUT2D eigenvalue weighted by molar-refractivity contribution is 5.77. The van der Waals surface area contributed by atoms with E-state index >= 15 is 0 Å². The standard InChI is InChI=1S/C32H53NO4/c1-9-37-33-24-18-31(8)21(26-20(19(2)3)12-17-32(24,26)27(35)36)10-11-23-29(6)15-14-25(34)28(4,5)22(29)13-16-30(23,31)7/h20-26,33-34H,2,9-18H2,1,3-8H3,(H,35,36)/t20-,21+,22-,23+,24?,25-,26+,29-,30+,31+,32-/m0/s1. The molecule has 5 rings (SSSR count). The topological polar surface area (TPSA) is 78.8 Å². The van der Waals surface area contributed by atoms with E-state index in [1.54, 1.807) is 0 Å². The van der Waals surface area contributed by atoms with Crippen molar-refractivity contribution in [1.29, 1.82) is 0 Å². The third-order valence-corrected chi connectivity index (χ3v) is 13.9. The van der Waals surface area contributed by atoms with E-state index in [0.717, 1.165) is 50.5 Å². The van der Waals surface area contributed by atoms with Gasteiger partial charge >= 0.3 is 5.97 Å². The van der Waals surface area contributed by atoms with Crippen molar-refractivity contribution in [2.24, 2.45) is 56.7 Å². The minimum Gasteiger partial charge on any atom is -0.481 e. The molecule has 5 fully saturated rings. The molecule has 210 valence electrons. The summed E-state index contributed by atoms with van der Waals surface area (Å²) in [7, 11) is 0. The molecule has 0 heterocycles. The Bertz CT molecular complexity index is 947. The van der Waals surface area contributed by atoms with Gasteiger partial charge in [-0.3, -0.25) is 4.79 Å². The summed E-state index contributed by atoms with van der Waals surface area (Å²) in [5.41, 5.74) is 3.97. The fourth-order valence-electron chi connectivity index (χ4n) is 12.0. The summed E-state index contributed by atoms with van der Waals surface area (Å²) in [6, 6.07) is -0.203. The van der Waals surface area contributed by atoms with Crippen molar-refractivity contribution in [3.05, 3.63) is 12.2 Å². The Morgan fingerprint density at radius 2 is 1.68 bits per heavy atom. The molecule has 0 spiro atoms. The summed E-state index contributed by atoms with van der Waals surface area (Å²) in [6.07, 6.45) is 8.82. The summed E-state index contributed by atoms with van der Waals surface area (Å²) >= 11 is 0. The van der Waals surface area contributed by atoms with Crippen LogP contribution in [0.1, 0.15) is 106 Å². The van der Waals surface area contributed by atoms with Crippen molar-refractivity contribution in [3.8, 4) is 0 Å². The highest BCUT2D eigenvalue weighted by atomic mass is 16.6. The van der Waals surface area contributed by atoms with Crippen molar-refractivity contribution in [2.75, 3.05) is 6.61 Å². The molecule has 5 aliphatic carbocycles. The molecule has 1 unspecified atom stereocenters. The van der Waals surface area contributed by atoms with Crippen molar-refractivity contribution in [1.82, 2.24) is 5.48 Å². The average molecular weight is 516 g/mol. The van der Waals surface area contributed by atoms with Crippen molar-refractivity contribution in [3.63, 3.8) is 0 Å². The van der Waals surface area contributed by atoms with Gasteiger partial charge in [-0.15, -0.1) is 0 Å². The molecule has 0 aromatic carbocycles. The van der Waals surface area contributed by atoms with E-state index in [9.17, 15) is 15.0 Å². The maximum atomic E-state index is 13.2. The number of aliphatic carboxylic acids is 1. The zero-order valence-corrected chi connectivity index (χ0v) is 24.5. The highest BCUT2D eigenvalue weighted by Gasteiger charge is 2.74. The first-order valence-corrected chi connectivity index (χ1v) is 15.2. The lowest BCUT2D eigenvalue weighted by Gasteiger charge is -2.73. The number of carbonyl (C=O) groups is 1. The molecule has 11 atom stereocenters. The first kappa shape index (κ1) is 27.6. The van der Waals surface area contributed by atoms with Crippen LogP contribution in [0, 0.1) is 56.7 Å². The van der Waals surface area contributed by atoms with Crippen LogP contribution in [0.15, 0.2) is 12.2 Å². The lowest BCUT2D eigenvalue weighted by molar-refractivity contribution is -0.257. The number of hydroxylamine groups is 1. The van der Waals surface area contributed by atoms with E-state index in [0.29, 0.717) is 30.8 Å². The average Bonchev–Trinajstić information content (AvgIpc) is 3.23. The molecule has 0 amide bonds. The van der Waals surface area contributed by atoms with Gasteiger partial charge in [0.05, 0.1) is 18.1 Å². The Hall–Kier alpha value is -0.910. The van der Waals surface area contributed by atoms with Crippen LogP contribution in [-0.4, -0.2) is 34.9 Å². The monoisotopic (exact) mass is 515 g/mol. The smallest absolute Gasteiger partial charge is 0.311 e. The number of hydrogen-bond acceptors (Lipinski definition) is 4. The minimum absolute atomic E-state index is 0.0144. The summed E-state index contributed by atoms with van der Waals surface area (Å²) in [4.78, 5) is 19.1. The molecule has 5 heteroatoms. The van der Waals surface area contributed by atoms with Gasteiger partial charge in [0.1, 0.15) is 0 Å². The zero-order valence-electron chi connectivity index (χ0n) is 24.5. The number of nitrogens with one attached hydrogen (secondary N) is 1. The fourth-order valence-corrected chi connectivity index (χ4v) is 12.0. The Morgan fingerprint density at radius 3 is 2.30 bits per heavy atom. The van der Waals surface area contributed by atoms with Crippen molar-refractivity contribution < 1.29 is 19.8 Å². The number of carboxylic acids is 1. The number of fused-ring (bicyclic) bond motifs is 7. The fraction of sp³-hybridized carbons (Fsp3) is 0.906. The second-order valence-electron chi connectivity index (χ2n) is 15.2. The molecule has 5 saturated carbocycles. The predicted molar refractivity (Wildman–Crippen MR) is 147 cm³/mol. The molecule has 3 N–H and O–H groups in total. The molecular formula is C32H53NO4. The van der Waals surface area contributed by atoms with Gasteiger partial charge < -0.3 is 15.1 Å². The number of aliphatic hydroxyl groups excluding tert-OH is 1. The molecular weight excluding hydrogens is 462 g/mol.